The molecule has 0 spiro atoms. The summed E-state index contributed by atoms with van der Waals surface area (Å²) in [5.74, 6) is 4.62. The number of halogens is 3. The Hall–Kier alpha value is -2.77. The van der Waals surface area contributed by atoms with Crippen molar-refractivity contribution in [1.82, 2.24) is 0 Å². The Morgan fingerprint density at radius 2 is 1.69 bits per heavy atom. The first-order valence-corrected chi connectivity index (χ1v) is 9.93. The van der Waals surface area contributed by atoms with Crippen LogP contribution in [0.25, 0.3) is 0 Å². The minimum atomic E-state index is -0.622. The van der Waals surface area contributed by atoms with Gasteiger partial charge < -0.3 is 0 Å². The molecule has 0 saturated heterocycles. The summed E-state index contributed by atoms with van der Waals surface area (Å²) in [4.78, 5) is 10.9. The summed E-state index contributed by atoms with van der Waals surface area (Å²) in [6, 6.07) is 14.8. The number of rotatable bonds is 4. The summed E-state index contributed by atoms with van der Waals surface area (Å²) < 4.78 is 28.4. The van der Waals surface area contributed by atoms with Crippen LogP contribution in [0.5, 0.6) is 0 Å². The van der Waals surface area contributed by atoms with Gasteiger partial charge in [0.15, 0.2) is 0 Å². The van der Waals surface area contributed by atoms with Gasteiger partial charge in [-0.25, -0.2) is 8.78 Å². The number of carbonyl (C=O) groups excluding carboxylic acids is 1. The highest BCUT2D eigenvalue weighted by molar-refractivity contribution is 9.10. The molecule has 1 unspecified atom stereocenters. The predicted molar refractivity (Wildman–Crippen MR) is 115 cm³/mol. The molecule has 1 nitrogen and oxygen atoms in total. The van der Waals surface area contributed by atoms with Crippen molar-refractivity contribution in [3.63, 3.8) is 0 Å². The zero-order valence-corrected chi connectivity index (χ0v) is 17.7. The van der Waals surface area contributed by atoms with Crippen LogP contribution in [0.3, 0.4) is 0 Å². The molecule has 0 amide bonds. The first kappa shape index (κ1) is 21.0. The molecule has 0 saturated carbocycles. The third-order valence-corrected chi connectivity index (χ3v) is 5.46. The monoisotopic (exact) mass is 452 g/mol. The van der Waals surface area contributed by atoms with Crippen molar-refractivity contribution < 1.29 is 13.6 Å². The second kappa shape index (κ2) is 9.15. The van der Waals surface area contributed by atoms with E-state index in [0.29, 0.717) is 27.6 Å². The van der Waals surface area contributed by atoms with Crippen molar-refractivity contribution in [3.05, 3.63) is 104 Å². The van der Waals surface area contributed by atoms with Crippen molar-refractivity contribution in [2.24, 2.45) is 0 Å². The van der Waals surface area contributed by atoms with Crippen molar-refractivity contribution >= 4 is 22.2 Å². The molecule has 0 heterocycles. The minimum Gasteiger partial charge on any atom is -0.298 e. The zero-order chi connectivity index (χ0) is 21.0. The molecule has 3 rings (SSSR count). The molecule has 0 aliphatic rings. The molecule has 0 aliphatic heterocycles. The van der Waals surface area contributed by atoms with Crippen LogP contribution in [-0.4, -0.2) is 6.29 Å². The van der Waals surface area contributed by atoms with Crippen LogP contribution in [0.4, 0.5) is 8.78 Å². The van der Waals surface area contributed by atoms with Crippen LogP contribution < -0.4 is 0 Å². The van der Waals surface area contributed by atoms with E-state index < -0.39 is 11.6 Å². The zero-order valence-electron chi connectivity index (χ0n) is 16.1. The van der Waals surface area contributed by atoms with E-state index in [2.05, 4.69) is 33.8 Å². The Balaban J connectivity index is 2.01. The Morgan fingerprint density at radius 1 is 0.966 bits per heavy atom. The summed E-state index contributed by atoms with van der Waals surface area (Å²) in [5.41, 5.74) is 5.14. The van der Waals surface area contributed by atoms with Crippen LogP contribution in [0.1, 0.15) is 44.1 Å². The standard InChI is InChI=1S/C25H19BrF2O/c1-16-3-4-18(9-17(16)2)10-21(22-12-23(27)14-24(28)13-22)8-7-20-6-5-19(15-29)11-25(20)26/h3-6,9,11-15,21H,10H2,1-2H3. The maximum absolute atomic E-state index is 13.8. The smallest absolute Gasteiger partial charge is 0.150 e. The van der Waals surface area contributed by atoms with Gasteiger partial charge in [-0.2, -0.15) is 0 Å². The van der Waals surface area contributed by atoms with E-state index in [0.717, 1.165) is 23.5 Å². The van der Waals surface area contributed by atoms with Gasteiger partial charge >= 0.3 is 0 Å². The highest BCUT2D eigenvalue weighted by Crippen LogP contribution is 2.25. The summed E-state index contributed by atoms with van der Waals surface area (Å²) in [7, 11) is 0. The molecule has 0 fully saturated rings. The molecule has 0 radical (unpaired) electrons. The number of aryl methyl sites for hydroxylation is 2. The number of hydrogen-bond acceptors (Lipinski definition) is 1. The highest BCUT2D eigenvalue weighted by atomic mass is 79.9. The van der Waals surface area contributed by atoms with Crippen LogP contribution in [-0.2, 0) is 6.42 Å². The Morgan fingerprint density at radius 3 is 2.31 bits per heavy atom. The van der Waals surface area contributed by atoms with Gasteiger partial charge in [-0.3, -0.25) is 4.79 Å². The molecule has 4 heteroatoms. The number of hydrogen-bond donors (Lipinski definition) is 0. The van der Waals surface area contributed by atoms with Crippen LogP contribution in [0, 0.1) is 37.3 Å². The van der Waals surface area contributed by atoms with Crippen molar-refractivity contribution in [2.45, 2.75) is 26.2 Å². The van der Waals surface area contributed by atoms with Crippen molar-refractivity contribution in [2.75, 3.05) is 0 Å². The third-order valence-electron chi connectivity index (χ3n) is 4.81. The van der Waals surface area contributed by atoms with Gasteiger partial charge in [0.25, 0.3) is 0 Å². The molecular weight excluding hydrogens is 434 g/mol. The van der Waals surface area contributed by atoms with E-state index >= 15 is 0 Å². The first-order valence-electron chi connectivity index (χ1n) is 9.14. The van der Waals surface area contributed by atoms with Crippen LogP contribution >= 0.6 is 15.9 Å². The fourth-order valence-electron chi connectivity index (χ4n) is 3.07. The molecular formula is C25H19BrF2O. The molecule has 3 aromatic carbocycles. The summed E-state index contributed by atoms with van der Waals surface area (Å²) in [5, 5.41) is 0. The summed E-state index contributed by atoms with van der Waals surface area (Å²) in [6.07, 6.45) is 1.29. The number of aldehydes is 1. The van der Waals surface area contributed by atoms with E-state index in [-0.39, 0.29) is 5.92 Å². The van der Waals surface area contributed by atoms with E-state index in [1.165, 1.54) is 17.7 Å². The fourth-order valence-corrected chi connectivity index (χ4v) is 3.56. The quantitative estimate of drug-likeness (QED) is 0.324. The lowest BCUT2D eigenvalue weighted by Crippen LogP contribution is -2.03. The van der Waals surface area contributed by atoms with E-state index in [4.69, 9.17) is 0 Å². The van der Waals surface area contributed by atoms with Gasteiger partial charge in [-0.15, -0.1) is 0 Å². The van der Waals surface area contributed by atoms with E-state index in [1.54, 1.807) is 18.2 Å². The number of benzene rings is 3. The molecule has 0 bridgehead atoms. The Kier molecular flexibility index (Phi) is 6.61. The minimum absolute atomic E-state index is 0.389. The second-order valence-electron chi connectivity index (χ2n) is 7.00. The topological polar surface area (TPSA) is 17.1 Å². The predicted octanol–water partition coefficient (Wildman–Crippen LogP) is 6.53. The average Bonchev–Trinajstić information content (AvgIpc) is 2.67. The van der Waals surface area contributed by atoms with E-state index in [1.807, 2.05) is 26.0 Å². The van der Waals surface area contributed by atoms with Gasteiger partial charge in [0, 0.05) is 27.6 Å². The maximum Gasteiger partial charge on any atom is 0.150 e. The van der Waals surface area contributed by atoms with Crippen molar-refractivity contribution in [1.29, 1.82) is 0 Å². The first-order chi connectivity index (χ1) is 13.9. The van der Waals surface area contributed by atoms with Gasteiger partial charge in [0.1, 0.15) is 17.9 Å². The Bertz CT molecular complexity index is 1110. The van der Waals surface area contributed by atoms with Crippen LogP contribution in [0.15, 0.2) is 59.1 Å². The molecule has 0 N–H and O–H groups in total. The van der Waals surface area contributed by atoms with Gasteiger partial charge in [0.05, 0.1) is 0 Å². The fraction of sp³-hybridized carbons (Fsp3) is 0.160. The normalized spacial score (nSPS) is 11.5. The molecule has 3 aromatic rings. The van der Waals surface area contributed by atoms with Gasteiger partial charge in [-0.1, -0.05) is 36.1 Å². The lowest BCUT2D eigenvalue weighted by Gasteiger charge is -2.13. The lowest BCUT2D eigenvalue weighted by molar-refractivity contribution is 0.112. The maximum atomic E-state index is 13.8. The summed E-state index contributed by atoms with van der Waals surface area (Å²) >= 11 is 3.42. The molecule has 146 valence electrons. The van der Waals surface area contributed by atoms with Crippen LogP contribution in [0.2, 0.25) is 0 Å². The van der Waals surface area contributed by atoms with E-state index in [9.17, 15) is 13.6 Å². The highest BCUT2D eigenvalue weighted by Gasteiger charge is 2.13. The largest absolute Gasteiger partial charge is 0.298 e. The number of carbonyl (C=O) groups is 1. The second-order valence-corrected chi connectivity index (χ2v) is 7.86. The average molecular weight is 453 g/mol. The molecule has 29 heavy (non-hydrogen) atoms. The summed E-state index contributed by atoms with van der Waals surface area (Å²) in [6.45, 7) is 4.08. The van der Waals surface area contributed by atoms with Crippen molar-refractivity contribution in [3.8, 4) is 11.8 Å². The molecule has 0 aromatic heterocycles. The van der Waals surface area contributed by atoms with Gasteiger partial charge in [-0.05, 0) is 82.7 Å². The lowest BCUT2D eigenvalue weighted by atomic mass is 9.90. The SMILES string of the molecule is Cc1ccc(CC(C#Cc2ccc(C=O)cc2Br)c2cc(F)cc(F)c2)cc1C. The Labute approximate surface area is 177 Å². The third kappa shape index (κ3) is 5.40. The molecule has 0 aliphatic carbocycles. The van der Waals surface area contributed by atoms with Gasteiger partial charge in [0.2, 0.25) is 0 Å². The molecule has 1 atom stereocenters.